The van der Waals surface area contributed by atoms with Gasteiger partial charge in [-0.3, -0.25) is 5.01 Å². The van der Waals surface area contributed by atoms with Crippen molar-refractivity contribution in [2.45, 2.75) is 13.0 Å². The summed E-state index contributed by atoms with van der Waals surface area (Å²) in [6.45, 7) is 2.02. The minimum absolute atomic E-state index is 0.551. The van der Waals surface area contributed by atoms with Gasteiger partial charge in [0.1, 0.15) is 12.3 Å². The molecule has 0 fully saturated rings. The lowest BCUT2D eigenvalue weighted by Crippen LogP contribution is -2.37. The SMILES string of the molecule is Cc1cnc(N(N)C(C=O)c2ccccc2)c2ccsc12. The van der Waals surface area contributed by atoms with Gasteiger partial charge in [-0.15, -0.1) is 11.3 Å². The fraction of sp³-hybridized carbons (Fsp3) is 0.125. The van der Waals surface area contributed by atoms with Gasteiger partial charge in [0.25, 0.3) is 0 Å². The molecular weight excluding hydrogens is 282 g/mol. The maximum atomic E-state index is 11.5. The zero-order chi connectivity index (χ0) is 14.8. The number of fused-ring (bicyclic) bond motifs is 1. The van der Waals surface area contributed by atoms with E-state index in [9.17, 15) is 4.79 Å². The van der Waals surface area contributed by atoms with Gasteiger partial charge in [0.15, 0.2) is 5.82 Å². The Kier molecular flexibility index (Phi) is 3.68. The van der Waals surface area contributed by atoms with Crippen LogP contribution in [0.4, 0.5) is 5.82 Å². The first-order valence-corrected chi connectivity index (χ1v) is 7.47. The van der Waals surface area contributed by atoms with Crippen LogP contribution in [0.25, 0.3) is 10.1 Å². The fourth-order valence-corrected chi connectivity index (χ4v) is 3.23. The van der Waals surface area contributed by atoms with Crippen LogP contribution in [0.3, 0.4) is 0 Å². The maximum Gasteiger partial charge on any atom is 0.152 e. The molecule has 0 bridgehead atoms. The predicted molar refractivity (Wildman–Crippen MR) is 86.3 cm³/mol. The van der Waals surface area contributed by atoms with E-state index in [1.165, 1.54) is 5.01 Å². The summed E-state index contributed by atoms with van der Waals surface area (Å²) in [5.74, 6) is 6.82. The van der Waals surface area contributed by atoms with E-state index < -0.39 is 6.04 Å². The van der Waals surface area contributed by atoms with Crippen LogP contribution in [0.5, 0.6) is 0 Å². The second-order valence-corrected chi connectivity index (χ2v) is 5.74. The maximum absolute atomic E-state index is 11.5. The molecule has 4 nitrogen and oxygen atoms in total. The van der Waals surface area contributed by atoms with Gasteiger partial charge in [-0.2, -0.15) is 0 Å². The normalized spacial score (nSPS) is 12.3. The predicted octanol–water partition coefficient (Wildman–Crippen LogP) is 3.23. The highest BCUT2D eigenvalue weighted by Gasteiger charge is 2.21. The molecule has 21 heavy (non-hydrogen) atoms. The lowest BCUT2D eigenvalue weighted by atomic mass is 10.1. The molecule has 0 saturated heterocycles. The number of aldehydes is 1. The fourth-order valence-electron chi connectivity index (χ4n) is 2.37. The molecule has 0 aliphatic heterocycles. The minimum Gasteiger partial charge on any atom is -0.301 e. The van der Waals surface area contributed by atoms with Gasteiger partial charge < -0.3 is 4.79 Å². The number of aromatic nitrogens is 1. The van der Waals surface area contributed by atoms with E-state index in [0.717, 1.165) is 27.5 Å². The van der Waals surface area contributed by atoms with Crippen LogP contribution in [0.15, 0.2) is 48.0 Å². The van der Waals surface area contributed by atoms with Crippen molar-refractivity contribution in [1.82, 2.24) is 4.98 Å². The number of nitrogens with zero attached hydrogens (tertiary/aromatic N) is 2. The largest absolute Gasteiger partial charge is 0.301 e. The number of hydrogen-bond acceptors (Lipinski definition) is 5. The Morgan fingerprint density at radius 3 is 2.76 bits per heavy atom. The minimum atomic E-state index is -0.551. The average molecular weight is 297 g/mol. The Morgan fingerprint density at radius 2 is 2.05 bits per heavy atom. The number of thiophene rings is 1. The third-order valence-electron chi connectivity index (χ3n) is 3.46. The number of hydrogen-bond donors (Lipinski definition) is 1. The van der Waals surface area contributed by atoms with Crippen LogP contribution in [0.1, 0.15) is 17.2 Å². The van der Waals surface area contributed by atoms with E-state index in [1.54, 1.807) is 17.5 Å². The summed E-state index contributed by atoms with van der Waals surface area (Å²) in [6.07, 6.45) is 2.63. The van der Waals surface area contributed by atoms with Gasteiger partial charge in [-0.1, -0.05) is 30.3 Å². The van der Waals surface area contributed by atoms with Crippen LogP contribution in [0, 0.1) is 6.92 Å². The number of rotatable bonds is 4. The molecular formula is C16H15N3OS. The van der Waals surface area contributed by atoms with Gasteiger partial charge >= 0.3 is 0 Å². The molecule has 0 spiro atoms. The van der Waals surface area contributed by atoms with E-state index in [4.69, 9.17) is 5.84 Å². The number of nitrogens with two attached hydrogens (primary N) is 1. The van der Waals surface area contributed by atoms with E-state index in [1.807, 2.05) is 48.7 Å². The summed E-state index contributed by atoms with van der Waals surface area (Å²) in [6, 6.07) is 10.9. The number of pyridine rings is 1. The topological polar surface area (TPSA) is 59.2 Å². The first-order chi connectivity index (χ1) is 10.2. The molecule has 0 saturated carbocycles. The summed E-state index contributed by atoms with van der Waals surface area (Å²) >= 11 is 1.65. The first kappa shape index (κ1) is 13.7. The van der Waals surface area contributed by atoms with Crippen molar-refractivity contribution in [3.05, 3.63) is 59.1 Å². The number of anilines is 1. The van der Waals surface area contributed by atoms with Crippen molar-refractivity contribution < 1.29 is 4.79 Å². The van der Waals surface area contributed by atoms with E-state index in [-0.39, 0.29) is 0 Å². The van der Waals surface area contributed by atoms with Crippen LogP contribution < -0.4 is 10.9 Å². The molecule has 1 aromatic carbocycles. The summed E-state index contributed by atoms with van der Waals surface area (Å²) in [5.41, 5.74) is 1.96. The molecule has 3 aromatic rings. The summed E-state index contributed by atoms with van der Waals surface area (Å²) in [7, 11) is 0. The molecule has 0 aliphatic rings. The van der Waals surface area contributed by atoms with Crippen LogP contribution in [-0.4, -0.2) is 11.3 Å². The summed E-state index contributed by atoms with van der Waals surface area (Å²) in [4.78, 5) is 15.9. The van der Waals surface area contributed by atoms with Crippen molar-refractivity contribution in [3.8, 4) is 0 Å². The number of carbonyl (C=O) groups excluding carboxylic acids is 1. The number of hydrazine groups is 1. The second-order valence-electron chi connectivity index (χ2n) is 4.83. The Hall–Kier alpha value is -2.24. The Labute approximate surface area is 126 Å². The zero-order valence-corrected chi connectivity index (χ0v) is 12.4. The van der Waals surface area contributed by atoms with Gasteiger partial charge in [0.05, 0.1) is 0 Å². The first-order valence-electron chi connectivity index (χ1n) is 6.59. The summed E-state index contributed by atoms with van der Waals surface area (Å²) in [5, 5.41) is 4.43. The quantitative estimate of drug-likeness (QED) is 0.456. The summed E-state index contributed by atoms with van der Waals surface area (Å²) < 4.78 is 1.15. The molecule has 106 valence electrons. The van der Waals surface area contributed by atoms with Gasteiger partial charge in [-0.25, -0.2) is 10.8 Å². The Balaban J connectivity index is 2.07. The third-order valence-corrected chi connectivity index (χ3v) is 4.51. The Morgan fingerprint density at radius 1 is 1.29 bits per heavy atom. The van der Waals surface area contributed by atoms with Gasteiger partial charge in [-0.05, 0) is 29.5 Å². The Bertz CT molecular complexity index is 770. The highest BCUT2D eigenvalue weighted by molar-refractivity contribution is 7.17. The highest BCUT2D eigenvalue weighted by Crippen LogP contribution is 2.32. The molecule has 2 aromatic heterocycles. The van der Waals surface area contributed by atoms with Crippen molar-refractivity contribution in [2.24, 2.45) is 5.84 Å². The zero-order valence-electron chi connectivity index (χ0n) is 11.6. The van der Waals surface area contributed by atoms with Gasteiger partial charge in [0, 0.05) is 16.3 Å². The molecule has 0 aliphatic carbocycles. The monoisotopic (exact) mass is 297 g/mol. The van der Waals surface area contributed by atoms with Crippen molar-refractivity contribution in [2.75, 3.05) is 5.01 Å². The van der Waals surface area contributed by atoms with Crippen LogP contribution in [-0.2, 0) is 4.79 Å². The molecule has 3 rings (SSSR count). The van der Waals surface area contributed by atoms with Crippen LogP contribution >= 0.6 is 11.3 Å². The third kappa shape index (κ3) is 2.41. The van der Waals surface area contributed by atoms with Crippen LogP contribution in [0.2, 0.25) is 0 Å². The van der Waals surface area contributed by atoms with E-state index >= 15 is 0 Å². The van der Waals surface area contributed by atoms with Crippen molar-refractivity contribution in [3.63, 3.8) is 0 Å². The molecule has 2 N–H and O–H groups in total. The lowest BCUT2D eigenvalue weighted by Gasteiger charge is -2.25. The molecule has 0 amide bonds. The van der Waals surface area contributed by atoms with E-state index in [2.05, 4.69) is 4.98 Å². The molecule has 1 atom stereocenters. The number of aryl methyl sites for hydroxylation is 1. The van der Waals surface area contributed by atoms with Crippen molar-refractivity contribution in [1.29, 1.82) is 0 Å². The average Bonchev–Trinajstić information content (AvgIpc) is 3.00. The smallest absolute Gasteiger partial charge is 0.152 e. The lowest BCUT2D eigenvalue weighted by molar-refractivity contribution is -0.109. The molecule has 1 unspecified atom stereocenters. The van der Waals surface area contributed by atoms with E-state index in [0.29, 0.717) is 5.82 Å². The highest BCUT2D eigenvalue weighted by atomic mass is 32.1. The number of carbonyl (C=O) groups is 1. The molecule has 0 radical (unpaired) electrons. The second kappa shape index (κ2) is 5.63. The number of benzene rings is 1. The molecule has 5 heteroatoms. The molecule has 2 heterocycles. The van der Waals surface area contributed by atoms with Gasteiger partial charge in [0.2, 0.25) is 0 Å². The standard InChI is InChI=1S/C16H15N3OS/c1-11-9-18-16(13-7-8-21-15(11)13)19(17)14(10-20)12-5-3-2-4-6-12/h2-10,14H,17H2,1H3. The van der Waals surface area contributed by atoms with Crippen molar-refractivity contribution >= 4 is 33.5 Å².